The number of rotatable bonds is 4. The van der Waals surface area contributed by atoms with Crippen LogP contribution in [-0.4, -0.2) is 22.4 Å². The predicted octanol–water partition coefficient (Wildman–Crippen LogP) is 7.25. The molecular formula is C19H15F9N2O2S. The summed E-state index contributed by atoms with van der Waals surface area (Å²) in [6, 6.07) is 2.07. The summed E-state index contributed by atoms with van der Waals surface area (Å²) < 4.78 is 117. The van der Waals surface area contributed by atoms with E-state index in [0.29, 0.717) is 23.1 Å². The average Bonchev–Trinajstić information content (AvgIpc) is 2.80. The number of imide groups is 1. The van der Waals surface area contributed by atoms with Crippen LogP contribution in [0.15, 0.2) is 47.4 Å². The lowest BCUT2D eigenvalue weighted by atomic mass is 10.0. The van der Waals surface area contributed by atoms with Crippen molar-refractivity contribution in [3.63, 3.8) is 0 Å². The molecule has 14 heteroatoms. The van der Waals surface area contributed by atoms with Crippen molar-refractivity contribution in [3.8, 4) is 0 Å². The second kappa shape index (κ2) is 6.58. The molecule has 3 rings (SSSR count). The van der Waals surface area contributed by atoms with Gasteiger partial charge in [-0.2, -0.15) is 13.2 Å². The van der Waals surface area contributed by atoms with Gasteiger partial charge in [-0.1, -0.05) is 31.6 Å². The van der Waals surface area contributed by atoms with Gasteiger partial charge in [-0.3, -0.25) is 4.79 Å². The van der Waals surface area contributed by atoms with Gasteiger partial charge in [0.15, 0.2) is 0 Å². The molecule has 2 aromatic carbocycles. The van der Waals surface area contributed by atoms with Crippen LogP contribution in [0.25, 0.3) is 0 Å². The van der Waals surface area contributed by atoms with Crippen LogP contribution in [0.3, 0.4) is 0 Å². The Kier molecular flexibility index (Phi) is 4.93. The number of hydrogen-bond donors (Lipinski definition) is 0. The highest BCUT2D eigenvalue weighted by atomic mass is 32.5. The minimum Gasteiger partial charge on any atom is -0.305 e. The topological polar surface area (TPSA) is 40.6 Å². The van der Waals surface area contributed by atoms with Crippen molar-refractivity contribution in [1.82, 2.24) is 4.90 Å². The lowest BCUT2D eigenvalue weighted by molar-refractivity contribution is -0.140. The van der Waals surface area contributed by atoms with Crippen LogP contribution in [0.2, 0.25) is 0 Å². The maximum atomic E-state index is 13.6. The molecule has 0 aliphatic carbocycles. The normalized spacial score (nSPS) is 19.0. The molecule has 2 aromatic rings. The van der Waals surface area contributed by atoms with Crippen LogP contribution in [-0.2, 0) is 17.5 Å². The van der Waals surface area contributed by atoms with Crippen LogP contribution < -0.4 is 4.90 Å². The van der Waals surface area contributed by atoms with Gasteiger partial charge in [-0.05, 0) is 49.7 Å². The van der Waals surface area contributed by atoms with E-state index in [1.807, 2.05) is 0 Å². The quantitative estimate of drug-likeness (QED) is 0.324. The standard InChI is InChI=1S/C19H15F9N2O2S/c1-18(2)16(31)30(12-5-8-15(20)14(9-12)19(21,22)23)17(32)29(18)10-11-3-6-13(7-4-11)33(24,25,26,27)28/h3-9H,10H2,1-2H3. The molecule has 33 heavy (non-hydrogen) atoms. The Morgan fingerprint density at radius 3 is 1.94 bits per heavy atom. The van der Waals surface area contributed by atoms with Gasteiger partial charge in [-0.15, -0.1) is 0 Å². The predicted molar refractivity (Wildman–Crippen MR) is 102 cm³/mol. The summed E-state index contributed by atoms with van der Waals surface area (Å²) in [4.78, 5) is 24.8. The van der Waals surface area contributed by atoms with E-state index in [0.717, 1.165) is 11.0 Å². The van der Waals surface area contributed by atoms with Crippen LogP contribution in [0, 0.1) is 5.82 Å². The first-order valence-electron chi connectivity index (χ1n) is 8.99. The third-order valence-electron chi connectivity index (χ3n) is 5.05. The highest BCUT2D eigenvalue weighted by Crippen LogP contribution is 3.02. The summed E-state index contributed by atoms with van der Waals surface area (Å²) in [7, 11) is -9.91. The summed E-state index contributed by atoms with van der Waals surface area (Å²) >= 11 is 0. The minimum atomic E-state index is -9.91. The highest BCUT2D eigenvalue weighted by Gasteiger charge is 2.65. The Labute approximate surface area is 181 Å². The number of anilines is 1. The van der Waals surface area contributed by atoms with Crippen LogP contribution >= 0.6 is 10.2 Å². The molecule has 0 unspecified atom stereocenters. The fourth-order valence-corrected chi connectivity index (χ4v) is 3.88. The summed E-state index contributed by atoms with van der Waals surface area (Å²) in [6.45, 7) is 1.97. The summed E-state index contributed by atoms with van der Waals surface area (Å²) in [5, 5.41) is 0. The molecule has 0 spiro atoms. The van der Waals surface area contributed by atoms with E-state index < -0.39 is 62.4 Å². The number of alkyl halides is 3. The molecule has 0 radical (unpaired) electrons. The lowest BCUT2D eigenvalue weighted by Gasteiger charge is -2.40. The first kappa shape index (κ1) is 24.7. The molecular weight excluding hydrogens is 491 g/mol. The van der Waals surface area contributed by atoms with Crippen molar-refractivity contribution in [2.45, 2.75) is 37.0 Å². The van der Waals surface area contributed by atoms with Crippen molar-refractivity contribution in [2.75, 3.05) is 4.90 Å². The molecule has 1 heterocycles. The third kappa shape index (κ3) is 4.61. The van der Waals surface area contributed by atoms with E-state index in [9.17, 15) is 46.6 Å². The number of hydrogen-bond acceptors (Lipinski definition) is 2. The van der Waals surface area contributed by atoms with E-state index in [2.05, 4.69) is 0 Å². The molecule has 4 nitrogen and oxygen atoms in total. The van der Waals surface area contributed by atoms with Gasteiger partial charge in [-0.25, -0.2) is 14.1 Å². The van der Waals surface area contributed by atoms with Gasteiger partial charge in [0, 0.05) is 6.54 Å². The Hall–Kier alpha value is -2.90. The summed E-state index contributed by atoms with van der Waals surface area (Å²) in [5.41, 5.74) is -3.98. The number of carbonyl (C=O) groups is 2. The lowest BCUT2D eigenvalue weighted by Crippen LogP contribution is -2.43. The van der Waals surface area contributed by atoms with E-state index in [-0.39, 0.29) is 23.8 Å². The van der Waals surface area contributed by atoms with Gasteiger partial charge in [0.2, 0.25) is 0 Å². The molecule has 0 saturated carbocycles. The number of halogens is 9. The SMILES string of the molecule is CC1(C)C(=O)N(c2ccc(F)c(C(F)(F)F)c2)C(=O)N1Cc1ccc(S(F)(F)(F)(F)F)cc1. The smallest absolute Gasteiger partial charge is 0.305 e. The van der Waals surface area contributed by atoms with Gasteiger partial charge in [0.1, 0.15) is 16.3 Å². The Balaban J connectivity index is 1.95. The van der Waals surface area contributed by atoms with Crippen LogP contribution in [0.1, 0.15) is 25.0 Å². The second-order valence-electron chi connectivity index (χ2n) is 7.84. The molecule has 1 fully saturated rings. The van der Waals surface area contributed by atoms with Gasteiger partial charge in [0.05, 0.1) is 11.3 Å². The number of urea groups is 1. The summed E-state index contributed by atoms with van der Waals surface area (Å²) in [6.07, 6.45) is -5.11. The fraction of sp³-hybridized carbons (Fsp3) is 0.263. The average molecular weight is 506 g/mol. The molecule has 182 valence electrons. The van der Waals surface area contributed by atoms with Crippen molar-refractivity contribution < 1.29 is 46.6 Å². The van der Waals surface area contributed by atoms with E-state index in [1.54, 1.807) is 0 Å². The molecule has 0 aromatic heterocycles. The maximum absolute atomic E-state index is 13.6. The van der Waals surface area contributed by atoms with Crippen molar-refractivity contribution in [2.24, 2.45) is 0 Å². The fourth-order valence-electron chi connectivity index (χ4n) is 3.23. The van der Waals surface area contributed by atoms with Crippen molar-refractivity contribution in [3.05, 3.63) is 59.4 Å². The largest absolute Gasteiger partial charge is 0.419 e. The number of amides is 3. The van der Waals surface area contributed by atoms with Crippen molar-refractivity contribution in [1.29, 1.82) is 0 Å². The number of benzene rings is 2. The monoisotopic (exact) mass is 506 g/mol. The first-order valence-corrected chi connectivity index (χ1v) is 10.9. The van der Waals surface area contributed by atoms with Crippen molar-refractivity contribution >= 4 is 27.8 Å². The maximum Gasteiger partial charge on any atom is 0.419 e. The van der Waals surface area contributed by atoms with E-state index in [1.165, 1.54) is 13.8 Å². The molecule has 1 aliphatic rings. The Morgan fingerprint density at radius 2 is 1.45 bits per heavy atom. The Bertz CT molecular complexity index is 1140. The molecule has 0 bridgehead atoms. The van der Waals surface area contributed by atoms with E-state index >= 15 is 0 Å². The number of carbonyl (C=O) groups excluding carboxylic acids is 2. The number of nitrogens with zero attached hydrogens (tertiary/aromatic N) is 2. The van der Waals surface area contributed by atoms with Gasteiger partial charge >= 0.3 is 22.4 Å². The van der Waals surface area contributed by atoms with Crippen LogP contribution in [0.4, 0.5) is 47.5 Å². The summed E-state index contributed by atoms with van der Waals surface area (Å²) in [5.74, 6) is -2.60. The van der Waals surface area contributed by atoms with E-state index in [4.69, 9.17) is 0 Å². The molecule has 0 N–H and O–H groups in total. The van der Waals surface area contributed by atoms with Crippen LogP contribution in [0.5, 0.6) is 0 Å². The third-order valence-corrected chi connectivity index (χ3v) is 6.21. The zero-order chi connectivity index (χ0) is 25.3. The Morgan fingerprint density at radius 1 is 0.909 bits per heavy atom. The molecule has 3 amide bonds. The molecule has 0 atom stereocenters. The second-order valence-corrected chi connectivity index (χ2v) is 10.3. The highest BCUT2D eigenvalue weighted by molar-refractivity contribution is 8.45. The van der Waals surface area contributed by atoms with Gasteiger partial charge < -0.3 is 4.90 Å². The molecule has 1 saturated heterocycles. The molecule has 1 aliphatic heterocycles. The van der Waals surface area contributed by atoms with Gasteiger partial charge in [0.25, 0.3) is 5.91 Å². The first-order chi connectivity index (χ1) is 14.6. The minimum absolute atomic E-state index is 0.0493. The zero-order valence-electron chi connectivity index (χ0n) is 16.8. The zero-order valence-corrected chi connectivity index (χ0v) is 17.6.